The Balaban J connectivity index is 2.05. The Morgan fingerprint density at radius 3 is 2.39 bits per heavy atom. The minimum absolute atomic E-state index is 0.0330. The Labute approximate surface area is 135 Å². The first-order chi connectivity index (χ1) is 10.9. The fourth-order valence-electron chi connectivity index (χ4n) is 2.83. The molecule has 1 atom stereocenters. The molecule has 0 aliphatic carbocycles. The number of amides is 1. The molecule has 2 aromatic rings. The average molecular weight is 308 g/mol. The summed E-state index contributed by atoms with van der Waals surface area (Å²) in [6, 6.07) is 15.7. The molecular formula is C18H20N4O. The Morgan fingerprint density at radius 2 is 1.74 bits per heavy atom. The van der Waals surface area contributed by atoms with Crippen LogP contribution in [0, 0.1) is 0 Å². The molecule has 0 fully saturated rings. The second-order valence-electron chi connectivity index (χ2n) is 6.08. The van der Waals surface area contributed by atoms with Gasteiger partial charge in [0, 0.05) is 12.7 Å². The number of hydrogen-bond acceptors (Lipinski definition) is 4. The first-order valence-electron chi connectivity index (χ1n) is 7.47. The zero-order valence-electron chi connectivity index (χ0n) is 13.3. The van der Waals surface area contributed by atoms with Crippen LogP contribution in [-0.4, -0.2) is 23.8 Å². The van der Waals surface area contributed by atoms with E-state index in [9.17, 15) is 4.79 Å². The maximum atomic E-state index is 12.1. The number of nitrogen functional groups attached to an aromatic ring is 1. The topological polar surface area (TPSA) is 84.7 Å². The van der Waals surface area contributed by atoms with Gasteiger partial charge in [-0.05, 0) is 41.8 Å². The van der Waals surface area contributed by atoms with Crippen molar-refractivity contribution in [2.75, 3.05) is 12.8 Å². The second-order valence-corrected chi connectivity index (χ2v) is 6.08. The van der Waals surface area contributed by atoms with Crippen LogP contribution in [0.3, 0.4) is 0 Å². The van der Waals surface area contributed by atoms with Crippen LogP contribution in [0.2, 0.25) is 0 Å². The smallest absolute Gasteiger partial charge is 0.231 e. The third-order valence-corrected chi connectivity index (χ3v) is 4.28. The molecule has 3 rings (SSSR count). The summed E-state index contributed by atoms with van der Waals surface area (Å²) in [5.74, 6) is 0.215. The molecule has 0 spiro atoms. The number of aliphatic imine (C=N–C) groups is 1. The number of hydrogen-bond donors (Lipinski definition) is 2. The third kappa shape index (κ3) is 2.77. The standard InChI is InChI=1S/C18H20N4O/c1-18(11-16(23)22(2)17(20)21-18)14-7-3-5-12(9-14)13-6-4-8-15(19)10-13/h3-10H,11,19H2,1-2H3,(H2,20,21)/t18-/m0/s1. The molecule has 1 aliphatic rings. The molecule has 4 N–H and O–H groups in total. The zero-order valence-corrected chi connectivity index (χ0v) is 13.3. The van der Waals surface area contributed by atoms with E-state index < -0.39 is 5.54 Å². The van der Waals surface area contributed by atoms with Gasteiger partial charge in [-0.1, -0.05) is 30.3 Å². The van der Waals surface area contributed by atoms with E-state index in [-0.39, 0.29) is 11.9 Å². The fourth-order valence-corrected chi connectivity index (χ4v) is 2.83. The predicted molar refractivity (Wildman–Crippen MR) is 92.7 cm³/mol. The van der Waals surface area contributed by atoms with Gasteiger partial charge in [0.25, 0.3) is 0 Å². The van der Waals surface area contributed by atoms with Crippen molar-refractivity contribution in [1.82, 2.24) is 4.90 Å². The lowest BCUT2D eigenvalue weighted by Gasteiger charge is -2.33. The first kappa shape index (κ1) is 15.1. The van der Waals surface area contributed by atoms with Crippen LogP contribution in [0.15, 0.2) is 53.5 Å². The van der Waals surface area contributed by atoms with Crippen LogP contribution < -0.4 is 11.5 Å². The molecule has 5 nitrogen and oxygen atoms in total. The van der Waals surface area contributed by atoms with Crippen LogP contribution in [0.25, 0.3) is 11.1 Å². The molecule has 0 bridgehead atoms. The molecule has 5 heteroatoms. The van der Waals surface area contributed by atoms with Crippen LogP contribution in [0.5, 0.6) is 0 Å². The number of carbonyl (C=O) groups excluding carboxylic acids is 1. The van der Waals surface area contributed by atoms with Gasteiger partial charge in [0.05, 0.1) is 12.0 Å². The number of carbonyl (C=O) groups is 1. The highest BCUT2D eigenvalue weighted by Gasteiger charge is 2.36. The van der Waals surface area contributed by atoms with Crippen molar-refractivity contribution >= 4 is 17.6 Å². The summed E-state index contributed by atoms with van der Waals surface area (Å²) in [7, 11) is 1.64. The summed E-state index contributed by atoms with van der Waals surface area (Å²) < 4.78 is 0. The van der Waals surface area contributed by atoms with E-state index >= 15 is 0 Å². The van der Waals surface area contributed by atoms with E-state index in [1.165, 1.54) is 4.90 Å². The molecule has 0 radical (unpaired) electrons. The highest BCUT2D eigenvalue weighted by molar-refractivity contribution is 5.98. The van der Waals surface area contributed by atoms with Gasteiger partial charge in [0.2, 0.25) is 5.91 Å². The Morgan fingerprint density at radius 1 is 1.09 bits per heavy atom. The lowest BCUT2D eigenvalue weighted by Crippen LogP contribution is -2.47. The summed E-state index contributed by atoms with van der Waals surface area (Å²) in [5.41, 5.74) is 14.9. The highest BCUT2D eigenvalue weighted by Crippen LogP contribution is 2.35. The lowest BCUT2D eigenvalue weighted by molar-refractivity contribution is -0.128. The van der Waals surface area contributed by atoms with Gasteiger partial charge in [-0.25, -0.2) is 4.99 Å². The summed E-state index contributed by atoms with van der Waals surface area (Å²) in [6.45, 7) is 1.93. The third-order valence-electron chi connectivity index (χ3n) is 4.28. The van der Waals surface area contributed by atoms with Crippen molar-refractivity contribution in [3.8, 4) is 11.1 Å². The second kappa shape index (κ2) is 5.43. The summed E-state index contributed by atoms with van der Waals surface area (Å²) in [4.78, 5) is 18.1. The van der Waals surface area contributed by atoms with Gasteiger partial charge in [-0.15, -0.1) is 0 Å². The van der Waals surface area contributed by atoms with Gasteiger partial charge in [-0.3, -0.25) is 9.69 Å². The fraction of sp³-hybridized carbons (Fsp3) is 0.222. The minimum Gasteiger partial charge on any atom is -0.399 e. The molecule has 1 amide bonds. The largest absolute Gasteiger partial charge is 0.399 e. The van der Waals surface area contributed by atoms with E-state index in [1.807, 2.05) is 55.5 Å². The van der Waals surface area contributed by atoms with Crippen molar-refractivity contribution < 1.29 is 4.79 Å². The number of anilines is 1. The van der Waals surface area contributed by atoms with Crippen LogP contribution in [-0.2, 0) is 10.3 Å². The molecule has 2 aromatic carbocycles. The molecule has 118 valence electrons. The number of nitrogens with zero attached hydrogens (tertiary/aromatic N) is 2. The normalized spacial score (nSPS) is 21.2. The predicted octanol–water partition coefficient (Wildman–Crippen LogP) is 2.33. The monoisotopic (exact) mass is 308 g/mol. The van der Waals surface area contributed by atoms with E-state index in [0.717, 1.165) is 22.4 Å². The van der Waals surface area contributed by atoms with E-state index in [2.05, 4.69) is 4.99 Å². The van der Waals surface area contributed by atoms with Gasteiger partial charge >= 0.3 is 0 Å². The van der Waals surface area contributed by atoms with Crippen LogP contribution >= 0.6 is 0 Å². The SMILES string of the molecule is CN1C(=O)C[C@@](C)(c2cccc(-c3cccc(N)c3)c2)N=C1N. The van der Waals surface area contributed by atoms with Crippen LogP contribution in [0.4, 0.5) is 5.69 Å². The van der Waals surface area contributed by atoms with Crippen molar-refractivity contribution in [2.24, 2.45) is 10.7 Å². The van der Waals surface area contributed by atoms with Gasteiger partial charge in [-0.2, -0.15) is 0 Å². The van der Waals surface area contributed by atoms with E-state index in [0.29, 0.717) is 6.42 Å². The molecular weight excluding hydrogens is 288 g/mol. The van der Waals surface area contributed by atoms with Crippen molar-refractivity contribution in [3.63, 3.8) is 0 Å². The van der Waals surface area contributed by atoms with Gasteiger partial charge < -0.3 is 11.5 Å². The number of nitrogens with two attached hydrogens (primary N) is 2. The summed E-state index contributed by atoms with van der Waals surface area (Å²) >= 11 is 0. The molecule has 0 saturated heterocycles. The number of rotatable bonds is 2. The van der Waals surface area contributed by atoms with Gasteiger partial charge in [0.1, 0.15) is 0 Å². The Bertz CT molecular complexity index is 799. The summed E-state index contributed by atoms with van der Waals surface area (Å²) in [5, 5.41) is 0. The molecule has 23 heavy (non-hydrogen) atoms. The zero-order chi connectivity index (χ0) is 16.6. The van der Waals surface area contributed by atoms with E-state index in [4.69, 9.17) is 11.5 Å². The lowest BCUT2D eigenvalue weighted by atomic mass is 9.86. The Kier molecular flexibility index (Phi) is 3.56. The van der Waals surface area contributed by atoms with Crippen molar-refractivity contribution in [2.45, 2.75) is 18.9 Å². The number of guanidine groups is 1. The van der Waals surface area contributed by atoms with Crippen molar-refractivity contribution in [1.29, 1.82) is 0 Å². The summed E-state index contributed by atoms with van der Waals surface area (Å²) in [6.07, 6.45) is 0.296. The molecule has 0 aromatic heterocycles. The number of benzene rings is 2. The molecule has 1 aliphatic heterocycles. The van der Waals surface area contributed by atoms with Gasteiger partial charge in [0.15, 0.2) is 5.96 Å². The first-order valence-corrected chi connectivity index (χ1v) is 7.47. The van der Waals surface area contributed by atoms with E-state index in [1.54, 1.807) is 7.05 Å². The quantitative estimate of drug-likeness (QED) is 0.835. The highest BCUT2D eigenvalue weighted by atomic mass is 16.2. The molecule has 0 unspecified atom stereocenters. The Hall–Kier alpha value is -2.82. The molecule has 1 heterocycles. The maximum absolute atomic E-state index is 12.1. The maximum Gasteiger partial charge on any atom is 0.231 e. The minimum atomic E-state index is -0.649. The average Bonchev–Trinajstić information content (AvgIpc) is 2.53. The molecule has 0 saturated carbocycles. The van der Waals surface area contributed by atoms with Crippen LogP contribution in [0.1, 0.15) is 18.9 Å². The van der Waals surface area contributed by atoms with Crippen molar-refractivity contribution in [3.05, 3.63) is 54.1 Å².